The third kappa shape index (κ3) is 5.09. The second-order valence-electron chi connectivity index (χ2n) is 6.47. The number of halogens is 3. The van der Waals surface area contributed by atoms with Crippen LogP contribution >= 0.6 is 0 Å². The van der Waals surface area contributed by atoms with Crippen LogP contribution in [0, 0.1) is 13.8 Å². The quantitative estimate of drug-likeness (QED) is 0.781. The summed E-state index contributed by atoms with van der Waals surface area (Å²) in [6.07, 6.45) is 0.239. The van der Waals surface area contributed by atoms with Crippen molar-refractivity contribution in [2.45, 2.75) is 45.7 Å². The highest BCUT2D eigenvalue weighted by atomic mass is 19.4. The van der Waals surface area contributed by atoms with Crippen molar-refractivity contribution in [3.8, 4) is 0 Å². The molecule has 1 N–H and O–H groups in total. The van der Waals surface area contributed by atoms with E-state index in [1.165, 1.54) is 53.5 Å². The molecule has 0 saturated carbocycles. The van der Waals surface area contributed by atoms with Crippen LogP contribution in [0.15, 0.2) is 24.3 Å². The maximum atomic E-state index is 10.6. The number of aryl methyl sites for hydroxylation is 2. The van der Waals surface area contributed by atoms with Gasteiger partial charge in [-0.25, -0.2) is 9.78 Å². The van der Waals surface area contributed by atoms with E-state index < -0.39 is 12.1 Å². The molecule has 1 saturated heterocycles. The van der Waals surface area contributed by atoms with Crippen molar-refractivity contribution >= 4 is 22.7 Å². The predicted molar refractivity (Wildman–Crippen MR) is 95.6 cm³/mol. The molecule has 1 aromatic carbocycles. The van der Waals surface area contributed by atoms with Crippen molar-refractivity contribution in [2.24, 2.45) is 0 Å². The number of aliphatic carboxylic acids is 1. The number of hydrogen-bond acceptors (Lipinski definition) is 3. The highest BCUT2D eigenvalue weighted by Gasteiger charge is 2.38. The Kier molecular flexibility index (Phi) is 6.45. The average Bonchev–Trinajstić information content (AvgIpc) is 2.85. The number of carbonyl (C=O) groups is 1. The van der Waals surface area contributed by atoms with Gasteiger partial charge in [-0.15, -0.1) is 0 Å². The van der Waals surface area contributed by atoms with Crippen molar-refractivity contribution < 1.29 is 23.1 Å². The van der Waals surface area contributed by atoms with Gasteiger partial charge in [-0.3, -0.25) is 0 Å². The molecule has 0 spiro atoms. The number of aromatic nitrogens is 1. The van der Waals surface area contributed by atoms with Crippen molar-refractivity contribution in [1.82, 2.24) is 4.98 Å². The first kappa shape index (κ1) is 20.0. The Morgan fingerprint density at radius 2 is 1.65 bits per heavy atom. The summed E-state index contributed by atoms with van der Waals surface area (Å²) in [7, 11) is 0. The van der Waals surface area contributed by atoms with Crippen LogP contribution in [0.1, 0.15) is 36.8 Å². The van der Waals surface area contributed by atoms with Crippen LogP contribution in [0.25, 0.3) is 10.9 Å². The fraction of sp³-hybridized carbons (Fsp3) is 0.474. The van der Waals surface area contributed by atoms with Crippen molar-refractivity contribution in [3.05, 3.63) is 35.4 Å². The summed E-state index contributed by atoms with van der Waals surface area (Å²) in [5, 5.41) is 8.42. The Morgan fingerprint density at radius 3 is 2.19 bits per heavy atom. The minimum atomic E-state index is -5.08. The monoisotopic (exact) mass is 368 g/mol. The number of anilines is 1. The molecule has 142 valence electrons. The predicted octanol–water partition coefficient (Wildman–Crippen LogP) is 4.87. The zero-order valence-electron chi connectivity index (χ0n) is 14.9. The van der Waals surface area contributed by atoms with Gasteiger partial charge in [-0.2, -0.15) is 13.2 Å². The molecule has 1 aliphatic heterocycles. The normalized spacial score (nSPS) is 15.2. The van der Waals surface area contributed by atoms with E-state index in [0.29, 0.717) is 0 Å². The highest BCUT2D eigenvalue weighted by Crippen LogP contribution is 2.26. The molecule has 0 unspecified atom stereocenters. The van der Waals surface area contributed by atoms with Gasteiger partial charge in [-0.1, -0.05) is 31.0 Å². The lowest BCUT2D eigenvalue weighted by Gasteiger charge is -2.22. The molecule has 0 aliphatic carbocycles. The van der Waals surface area contributed by atoms with Gasteiger partial charge in [0.05, 0.1) is 5.52 Å². The minimum Gasteiger partial charge on any atom is -0.475 e. The molecule has 2 aromatic rings. The van der Waals surface area contributed by atoms with E-state index in [1.807, 2.05) is 0 Å². The number of nitrogens with zero attached hydrogens (tertiary/aromatic N) is 2. The number of fused-ring (bicyclic) bond motifs is 1. The SMILES string of the molecule is Cc1cc(N2CCCCCC2)nc2c(C)cccc12.O=C(O)C(F)(F)F. The van der Waals surface area contributed by atoms with Crippen LogP contribution in [-0.2, 0) is 4.79 Å². The van der Waals surface area contributed by atoms with E-state index in [9.17, 15) is 13.2 Å². The first-order chi connectivity index (χ1) is 12.2. The number of carboxylic acids is 1. The third-order valence-electron chi connectivity index (χ3n) is 4.41. The van der Waals surface area contributed by atoms with Crippen LogP contribution < -0.4 is 4.90 Å². The van der Waals surface area contributed by atoms with E-state index in [4.69, 9.17) is 14.9 Å². The number of hydrogen-bond donors (Lipinski definition) is 1. The lowest BCUT2D eigenvalue weighted by atomic mass is 10.1. The van der Waals surface area contributed by atoms with E-state index in [0.717, 1.165) is 13.1 Å². The Morgan fingerprint density at radius 1 is 1.08 bits per heavy atom. The van der Waals surface area contributed by atoms with Crippen molar-refractivity contribution in [2.75, 3.05) is 18.0 Å². The molecular weight excluding hydrogens is 345 g/mol. The number of alkyl halides is 3. The number of para-hydroxylation sites is 1. The standard InChI is InChI=1S/C17H22N2.C2HF3O2/c1-13-8-7-9-15-14(2)12-16(18-17(13)15)19-10-5-3-4-6-11-19;3-2(4,5)1(6)7/h7-9,12H,3-6,10-11H2,1-2H3;(H,6,7). The summed E-state index contributed by atoms with van der Waals surface area (Å²) in [5.74, 6) is -1.59. The fourth-order valence-electron chi connectivity index (χ4n) is 3.01. The van der Waals surface area contributed by atoms with Gasteiger partial charge in [0, 0.05) is 18.5 Å². The minimum absolute atomic E-state index is 1.16. The lowest BCUT2D eigenvalue weighted by molar-refractivity contribution is -0.192. The second kappa shape index (κ2) is 8.38. The molecule has 0 amide bonds. The molecule has 7 heteroatoms. The Bertz CT molecular complexity index is 767. The van der Waals surface area contributed by atoms with Gasteiger partial charge < -0.3 is 10.0 Å². The van der Waals surface area contributed by atoms with Crippen molar-refractivity contribution in [3.63, 3.8) is 0 Å². The van der Waals surface area contributed by atoms with Crippen LogP contribution in [-0.4, -0.2) is 35.3 Å². The largest absolute Gasteiger partial charge is 0.490 e. The first-order valence-corrected chi connectivity index (χ1v) is 8.62. The first-order valence-electron chi connectivity index (χ1n) is 8.62. The molecule has 0 radical (unpaired) electrons. The van der Waals surface area contributed by atoms with Crippen molar-refractivity contribution in [1.29, 1.82) is 0 Å². The molecule has 3 rings (SSSR count). The van der Waals surface area contributed by atoms with Gasteiger partial charge in [-0.05, 0) is 43.9 Å². The van der Waals surface area contributed by atoms with E-state index in [1.54, 1.807) is 0 Å². The van der Waals surface area contributed by atoms with Gasteiger partial charge in [0.1, 0.15) is 5.82 Å². The summed E-state index contributed by atoms with van der Waals surface area (Å²) in [5.41, 5.74) is 3.78. The molecule has 4 nitrogen and oxygen atoms in total. The summed E-state index contributed by atoms with van der Waals surface area (Å²) in [4.78, 5) is 16.3. The number of benzene rings is 1. The van der Waals surface area contributed by atoms with Crippen LogP contribution in [0.2, 0.25) is 0 Å². The molecule has 1 fully saturated rings. The Hall–Kier alpha value is -2.31. The van der Waals surface area contributed by atoms with E-state index in [-0.39, 0.29) is 0 Å². The summed E-state index contributed by atoms with van der Waals surface area (Å²) in [6, 6.07) is 8.71. The van der Waals surface area contributed by atoms with Crippen LogP contribution in [0.5, 0.6) is 0 Å². The highest BCUT2D eigenvalue weighted by molar-refractivity contribution is 5.86. The topological polar surface area (TPSA) is 53.4 Å². The smallest absolute Gasteiger partial charge is 0.475 e. The molecule has 26 heavy (non-hydrogen) atoms. The maximum absolute atomic E-state index is 10.6. The average molecular weight is 368 g/mol. The van der Waals surface area contributed by atoms with E-state index >= 15 is 0 Å². The van der Waals surface area contributed by atoms with Gasteiger partial charge >= 0.3 is 12.1 Å². The number of pyridine rings is 1. The molecular formula is C19H23F3N2O2. The van der Waals surface area contributed by atoms with Crippen LogP contribution in [0.3, 0.4) is 0 Å². The summed E-state index contributed by atoms with van der Waals surface area (Å²) in [6.45, 7) is 6.67. The van der Waals surface area contributed by atoms with Gasteiger partial charge in [0.15, 0.2) is 0 Å². The maximum Gasteiger partial charge on any atom is 0.490 e. The summed E-state index contributed by atoms with van der Waals surface area (Å²) < 4.78 is 31.7. The third-order valence-corrected chi connectivity index (χ3v) is 4.41. The number of carboxylic acid groups (broad SMARTS) is 1. The van der Waals surface area contributed by atoms with Gasteiger partial charge in [0.25, 0.3) is 0 Å². The van der Waals surface area contributed by atoms with Gasteiger partial charge in [0.2, 0.25) is 0 Å². The zero-order valence-corrected chi connectivity index (χ0v) is 14.9. The number of rotatable bonds is 1. The van der Waals surface area contributed by atoms with E-state index in [2.05, 4.69) is 43.0 Å². The summed E-state index contributed by atoms with van der Waals surface area (Å²) >= 11 is 0. The molecule has 1 aliphatic rings. The molecule has 0 atom stereocenters. The zero-order chi connectivity index (χ0) is 19.3. The Balaban J connectivity index is 0.000000298. The van der Waals surface area contributed by atoms with Crippen LogP contribution in [0.4, 0.5) is 19.0 Å². The molecule has 0 bridgehead atoms. The lowest BCUT2D eigenvalue weighted by Crippen LogP contribution is -2.25. The fourth-order valence-corrected chi connectivity index (χ4v) is 3.01. The second-order valence-corrected chi connectivity index (χ2v) is 6.47. The molecule has 2 heterocycles. The molecule has 1 aromatic heterocycles. The Labute approximate surface area is 150 Å².